The van der Waals surface area contributed by atoms with Gasteiger partial charge < -0.3 is 19.3 Å². The Morgan fingerprint density at radius 1 is 1.14 bits per heavy atom. The van der Waals surface area contributed by atoms with Gasteiger partial charge in [-0.2, -0.15) is 0 Å². The molecule has 1 aromatic heterocycles. The highest BCUT2D eigenvalue weighted by Crippen LogP contribution is 2.27. The normalized spacial score (nSPS) is 17.5. The Bertz CT molecular complexity index is 1180. The molecule has 1 saturated heterocycles. The maximum Gasteiger partial charge on any atom is 0.272 e. The van der Waals surface area contributed by atoms with Crippen LogP contribution in [-0.2, 0) is 16.1 Å². The summed E-state index contributed by atoms with van der Waals surface area (Å²) in [4.78, 5) is 33.8. The zero-order chi connectivity index (χ0) is 25.5. The van der Waals surface area contributed by atoms with Crippen molar-refractivity contribution in [2.24, 2.45) is 0 Å². The van der Waals surface area contributed by atoms with Crippen LogP contribution in [0.25, 0.3) is 0 Å². The highest BCUT2D eigenvalue weighted by Gasteiger charge is 2.42. The number of halogens is 2. The first kappa shape index (κ1) is 25.6. The van der Waals surface area contributed by atoms with E-state index in [9.17, 15) is 14.0 Å². The van der Waals surface area contributed by atoms with E-state index >= 15 is 0 Å². The second-order valence-corrected chi connectivity index (χ2v) is 9.21. The highest BCUT2D eigenvalue weighted by molar-refractivity contribution is 6.30. The Balaban J connectivity index is 1.52. The van der Waals surface area contributed by atoms with Crippen molar-refractivity contribution in [1.29, 1.82) is 0 Å². The number of nitrogens with zero attached hydrogens (tertiary/aromatic N) is 3. The van der Waals surface area contributed by atoms with Gasteiger partial charge in [-0.25, -0.2) is 9.37 Å². The van der Waals surface area contributed by atoms with Gasteiger partial charge in [0, 0.05) is 26.3 Å². The first-order valence-corrected chi connectivity index (χ1v) is 11.9. The van der Waals surface area contributed by atoms with Gasteiger partial charge in [0.15, 0.2) is 0 Å². The predicted molar refractivity (Wildman–Crippen MR) is 133 cm³/mol. The number of hydrogen-bond donors (Lipinski definition) is 0. The van der Waals surface area contributed by atoms with Gasteiger partial charge in [0.2, 0.25) is 5.91 Å². The Labute approximate surface area is 214 Å². The lowest BCUT2D eigenvalue weighted by Crippen LogP contribution is -2.58. The van der Waals surface area contributed by atoms with Gasteiger partial charge in [-0.05, 0) is 42.0 Å². The molecule has 1 atom stereocenters. The molecule has 1 fully saturated rings. The van der Waals surface area contributed by atoms with Gasteiger partial charge in [-0.3, -0.25) is 9.59 Å². The number of morpholine rings is 1. The van der Waals surface area contributed by atoms with E-state index in [1.807, 2.05) is 30.3 Å². The van der Waals surface area contributed by atoms with Crippen LogP contribution in [0, 0.1) is 5.82 Å². The Hall–Kier alpha value is -3.49. The summed E-state index contributed by atoms with van der Waals surface area (Å²) in [5.74, 6) is -0.380. The minimum Gasteiger partial charge on any atom is -0.490 e. The summed E-state index contributed by atoms with van der Waals surface area (Å²) >= 11 is 5.91. The second kappa shape index (κ2) is 11.5. The molecule has 9 heteroatoms. The smallest absolute Gasteiger partial charge is 0.272 e. The average Bonchev–Trinajstić information content (AvgIpc) is 2.89. The summed E-state index contributed by atoms with van der Waals surface area (Å²) < 4.78 is 25.4. The van der Waals surface area contributed by atoms with Crippen LogP contribution < -0.4 is 4.74 Å². The van der Waals surface area contributed by atoms with Crippen molar-refractivity contribution in [3.8, 4) is 5.75 Å². The fourth-order valence-electron chi connectivity index (χ4n) is 4.03. The van der Waals surface area contributed by atoms with Gasteiger partial charge in [0.25, 0.3) is 5.91 Å². The van der Waals surface area contributed by atoms with Crippen molar-refractivity contribution in [3.05, 3.63) is 95.0 Å². The molecule has 36 heavy (non-hydrogen) atoms. The zero-order valence-corrected chi connectivity index (χ0v) is 20.7. The third-order valence-electron chi connectivity index (χ3n) is 5.96. The largest absolute Gasteiger partial charge is 0.490 e. The van der Waals surface area contributed by atoms with Crippen LogP contribution in [0.5, 0.6) is 5.75 Å². The molecule has 1 aliphatic heterocycles. The molecule has 0 saturated carbocycles. The highest BCUT2D eigenvalue weighted by atomic mass is 35.5. The van der Waals surface area contributed by atoms with Crippen molar-refractivity contribution in [2.45, 2.75) is 18.6 Å². The van der Waals surface area contributed by atoms with Crippen molar-refractivity contribution >= 4 is 23.4 Å². The van der Waals surface area contributed by atoms with Crippen LogP contribution in [0.2, 0.25) is 5.02 Å². The summed E-state index contributed by atoms with van der Waals surface area (Å²) in [6.07, 6.45) is 1.41. The van der Waals surface area contributed by atoms with Crippen LogP contribution >= 0.6 is 11.6 Å². The van der Waals surface area contributed by atoms with Gasteiger partial charge in [-0.1, -0.05) is 41.9 Å². The van der Waals surface area contributed by atoms with Crippen molar-refractivity contribution in [2.75, 3.05) is 33.4 Å². The third kappa shape index (κ3) is 6.59. The molecule has 0 radical (unpaired) electrons. The SMILES string of the molecule is CN(Cc1ccccc1)C(=O)CC1(COc2ccc(F)cc2)CN(C(=O)c2ccc(Cl)cn2)CCO1. The molecule has 0 bridgehead atoms. The van der Waals surface area contributed by atoms with Crippen LogP contribution in [0.1, 0.15) is 22.5 Å². The molecule has 0 spiro atoms. The maximum absolute atomic E-state index is 13.3. The van der Waals surface area contributed by atoms with Gasteiger partial charge in [-0.15, -0.1) is 0 Å². The summed E-state index contributed by atoms with van der Waals surface area (Å²) in [5.41, 5.74) is 0.152. The molecule has 2 amide bonds. The minimum absolute atomic E-state index is 0.00136. The summed E-state index contributed by atoms with van der Waals surface area (Å²) in [7, 11) is 1.73. The lowest BCUT2D eigenvalue weighted by molar-refractivity contribution is -0.152. The van der Waals surface area contributed by atoms with Crippen LogP contribution in [-0.4, -0.2) is 65.6 Å². The minimum atomic E-state index is -1.10. The number of rotatable bonds is 8. The molecule has 0 N–H and O–H groups in total. The summed E-state index contributed by atoms with van der Waals surface area (Å²) in [6, 6.07) is 18.5. The van der Waals surface area contributed by atoms with E-state index in [-0.39, 0.29) is 49.5 Å². The van der Waals surface area contributed by atoms with E-state index < -0.39 is 5.60 Å². The quantitative estimate of drug-likeness (QED) is 0.453. The van der Waals surface area contributed by atoms with Crippen molar-refractivity contribution < 1.29 is 23.5 Å². The molecule has 0 aliphatic carbocycles. The Morgan fingerprint density at radius 3 is 2.58 bits per heavy atom. The standard InChI is InChI=1S/C27H27ClFN3O4/c1-31(17-20-5-3-2-4-6-20)25(33)15-27(19-35-23-10-8-22(29)9-11-23)18-32(13-14-36-27)26(34)24-12-7-21(28)16-30-24/h2-12,16H,13-15,17-19H2,1H3. The van der Waals surface area contributed by atoms with Crippen molar-refractivity contribution in [1.82, 2.24) is 14.8 Å². The van der Waals surface area contributed by atoms with E-state index in [1.165, 1.54) is 30.5 Å². The van der Waals surface area contributed by atoms with E-state index in [4.69, 9.17) is 21.1 Å². The number of benzene rings is 2. The molecule has 7 nitrogen and oxygen atoms in total. The lowest BCUT2D eigenvalue weighted by atomic mass is 9.96. The third-order valence-corrected chi connectivity index (χ3v) is 6.18. The maximum atomic E-state index is 13.3. The molecule has 3 aromatic rings. The first-order chi connectivity index (χ1) is 17.3. The lowest BCUT2D eigenvalue weighted by Gasteiger charge is -2.42. The number of ether oxygens (including phenoxy) is 2. The van der Waals surface area contributed by atoms with Crippen LogP contribution in [0.4, 0.5) is 4.39 Å². The molecular weight excluding hydrogens is 485 g/mol. The Kier molecular flexibility index (Phi) is 8.18. The molecule has 4 rings (SSSR count). The second-order valence-electron chi connectivity index (χ2n) is 8.77. The van der Waals surface area contributed by atoms with Gasteiger partial charge >= 0.3 is 0 Å². The number of pyridine rings is 1. The molecule has 1 aliphatic rings. The van der Waals surface area contributed by atoms with E-state index in [2.05, 4.69) is 4.98 Å². The van der Waals surface area contributed by atoms with E-state index in [0.29, 0.717) is 23.9 Å². The summed E-state index contributed by atoms with van der Waals surface area (Å²) in [5, 5.41) is 0.433. The fourth-order valence-corrected chi connectivity index (χ4v) is 4.14. The van der Waals surface area contributed by atoms with Crippen LogP contribution in [0.15, 0.2) is 72.9 Å². The molecule has 2 heterocycles. The zero-order valence-electron chi connectivity index (χ0n) is 19.9. The Morgan fingerprint density at radius 2 is 1.89 bits per heavy atom. The molecular formula is C27H27ClFN3O4. The number of aromatic nitrogens is 1. The fraction of sp³-hybridized carbons (Fsp3) is 0.296. The number of carbonyl (C=O) groups is 2. The molecule has 2 aromatic carbocycles. The van der Waals surface area contributed by atoms with E-state index in [1.54, 1.807) is 29.0 Å². The monoisotopic (exact) mass is 511 g/mol. The van der Waals surface area contributed by atoms with Gasteiger partial charge in [0.1, 0.15) is 29.5 Å². The predicted octanol–water partition coefficient (Wildman–Crippen LogP) is 4.21. The molecule has 188 valence electrons. The van der Waals surface area contributed by atoms with Gasteiger partial charge in [0.05, 0.1) is 24.6 Å². The number of hydrogen-bond acceptors (Lipinski definition) is 5. The average molecular weight is 512 g/mol. The number of amides is 2. The van der Waals surface area contributed by atoms with E-state index in [0.717, 1.165) is 5.56 Å². The topological polar surface area (TPSA) is 72.0 Å². The first-order valence-electron chi connectivity index (χ1n) is 11.5. The molecule has 1 unspecified atom stereocenters. The van der Waals surface area contributed by atoms with Crippen molar-refractivity contribution in [3.63, 3.8) is 0 Å². The van der Waals surface area contributed by atoms with Crippen LogP contribution in [0.3, 0.4) is 0 Å². The summed E-state index contributed by atoms with van der Waals surface area (Å²) in [6.45, 7) is 1.13. The number of carbonyl (C=O) groups excluding carboxylic acids is 2.